The molecule has 0 amide bonds. The standard InChI is InChI=1S/C39H47N9O4/c1-2-3-18-49-36-13-11-32(24-38(36)51-20-5-16-41)47-26-34(43-45-47)29-9-7-28-8-10-30(23-31(28)22-29)35-27-48(46-44-35)33-12-14-37(50-19-4-15-40)39(25-33)52-21-6-17-42/h7-14,22-27H,2-6,15-21,40-42H2,1H3. The summed E-state index contributed by atoms with van der Waals surface area (Å²) in [4.78, 5) is 0. The maximum atomic E-state index is 6.03. The Morgan fingerprint density at radius 1 is 0.500 bits per heavy atom. The molecule has 13 nitrogen and oxygen atoms in total. The molecule has 0 bridgehead atoms. The number of hydrogen-bond acceptors (Lipinski definition) is 11. The minimum atomic E-state index is 0.485. The Kier molecular flexibility index (Phi) is 12.7. The Hall–Kier alpha value is -5.50. The van der Waals surface area contributed by atoms with Gasteiger partial charge in [-0.3, -0.25) is 0 Å². The molecule has 0 radical (unpaired) electrons. The third-order valence-corrected chi connectivity index (χ3v) is 8.38. The largest absolute Gasteiger partial charge is 0.490 e. The molecular weight excluding hydrogens is 658 g/mol. The van der Waals surface area contributed by atoms with E-state index in [9.17, 15) is 0 Å². The molecule has 52 heavy (non-hydrogen) atoms. The van der Waals surface area contributed by atoms with Gasteiger partial charge in [0.25, 0.3) is 0 Å². The predicted molar refractivity (Wildman–Crippen MR) is 203 cm³/mol. The van der Waals surface area contributed by atoms with Gasteiger partial charge < -0.3 is 36.1 Å². The Morgan fingerprint density at radius 2 is 0.942 bits per heavy atom. The number of hydrogen-bond donors (Lipinski definition) is 3. The number of rotatable bonds is 20. The van der Waals surface area contributed by atoms with Gasteiger partial charge in [-0.15, -0.1) is 10.2 Å². The summed E-state index contributed by atoms with van der Waals surface area (Å²) < 4.78 is 27.4. The number of nitrogens with zero attached hydrogens (tertiary/aromatic N) is 6. The van der Waals surface area contributed by atoms with Crippen LogP contribution in [0.2, 0.25) is 0 Å². The van der Waals surface area contributed by atoms with Crippen molar-refractivity contribution in [3.05, 3.63) is 85.2 Å². The lowest BCUT2D eigenvalue weighted by molar-refractivity contribution is 0.263. The molecule has 2 heterocycles. The molecule has 0 aliphatic carbocycles. The van der Waals surface area contributed by atoms with Gasteiger partial charge in [-0.2, -0.15) is 0 Å². The van der Waals surface area contributed by atoms with Crippen LogP contribution in [0.15, 0.2) is 85.2 Å². The number of ether oxygens (including phenoxy) is 4. The molecule has 0 atom stereocenters. The van der Waals surface area contributed by atoms with Crippen LogP contribution >= 0.6 is 0 Å². The Balaban J connectivity index is 1.22. The maximum Gasteiger partial charge on any atom is 0.163 e. The first-order valence-corrected chi connectivity index (χ1v) is 17.9. The lowest BCUT2D eigenvalue weighted by Gasteiger charge is -2.14. The van der Waals surface area contributed by atoms with Crippen LogP contribution in [0.4, 0.5) is 0 Å². The third kappa shape index (κ3) is 9.04. The van der Waals surface area contributed by atoms with E-state index >= 15 is 0 Å². The van der Waals surface area contributed by atoms with Gasteiger partial charge in [0.2, 0.25) is 0 Å². The van der Waals surface area contributed by atoms with Gasteiger partial charge in [-0.05, 0) is 92.5 Å². The van der Waals surface area contributed by atoms with E-state index in [1.807, 2.05) is 54.9 Å². The fourth-order valence-electron chi connectivity index (χ4n) is 5.48. The molecule has 0 aliphatic rings. The van der Waals surface area contributed by atoms with Crippen LogP contribution in [0.25, 0.3) is 44.7 Å². The van der Waals surface area contributed by atoms with Gasteiger partial charge in [-0.25, -0.2) is 9.36 Å². The summed E-state index contributed by atoms with van der Waals surface area (Å²) in [6, 6.07) is 24.0. The van der Waals surface area contributed by atoms with Crippen LogP contribution in [0, 0.1) is 0 Å². The predicted octanol–water partition coefficient (Wildman–Crippen LogP) is 5.70. The van der Waals surface area contributed by atoms with Gasteiger partial charge in [0.1, 0.15) is 11.4 Å². The van der Waals surface area contributed by atoms with Crippen molar-refractivity contribution in [3.63, 3.8) is 0 Å². The number of fused-ring (bicyclic) bond motifs is 1. The molecule has 0 unspecified atom stereocenters. The first kappa shape index (κ1) is 36.3. The Morgan fingerprint density at radius 3 is 1.38 bits per heavy atom. The van der Waals surface area contributed by atoms with E-state index in [0.29, 0.717) is 69.1 Å². The molecule has 6 aromatic rings. The average Bonchev–Trinajstić information content (AvgIpc) is 3.87. The van der Waals surface area contributed by atoms with E-state index < -0.39 is 0 Å². The van der Waals surface area contributed by atoms with E-state index in [2.05, 4.69) is 57.9 Å². The molecule has 0 saturated carbocycles. The highest BCUT2D eigenvalue weighted by atomic mass is 16.5. The van der Waals surface area contributed by atoms with Crippen molar-refractivity contribution in [2.24, 2.45) is 17.2 Å². The summed E-state index contributed by atoms with van der Waals surface area (Å²) >= 11 is 0. The van der Waals surface area contributed by atoms with Crippen LogP contribution in [0.1, 0.15) is 39.0 Å². The normalized spacial score (nSPS) is 11.2. The van der Waals surface area contributed by atoms with Gasteiger partial charge >= 0.3 is 0 Å². The van der Waals surface area contributed by atoms with Gasteiger partial charge in [0.05, 0.1) is 50.2 Å². The van der Waals surface area contributed by atoms with Gasteiger partial charge in [-0.1, -0.05) is 48.0 Å². The van der Waals surface area contributed by atoms with Crippen molar-refractivity contribution in [3.8, 4) is 56.9 Å². The van der Waals surface area contributed by atoms with Crippen molar-refractivity contribution >= 4 is 10.8 Å². The molecule has 6 N–H and O–H groups in total. The molecular formula is C39H47N9O4. The summed E-state index contributed by atoms with van der Waals surface area (Å²) in [5.41, 5.74) is 22.0. The molecule has 0 aliphatic heterocycles. The van der Waals surface area contributed by atoms with Gasteiger partial charge in [0, 0.05) is 23.3 Å². The SMILES string of the molecule is CCCCOc1ccc(-n2cc(-c3ccc4ccc(-c5cn(-c6ccc(OCCCN)c(OCCCN)c6)nn5)cc4c3)nn2)cc1OCCCN. The van der Waals surface area contributed by atoms with E-state index in [1.165, 1.54) is 0 Å². The minimum Gasteiger partial charge on any atom is -0.490 e. The van der Waals surface area contributed by atoms with Crippen LogP contribution < -0.4 is 36.1 Å². The Bertz CT molecular complexity index is 1900. The van der Waals surface area contributed by atoms with E-state index in [-0.39, 0.29) is 0 Å². The monoisotopic (exact) mass is 705 g/mol. The summed E-state index contributed by atoms with van der Waals surface area (Å²) in [6.07, 6.45) is 8.07. The van der Waals surface area contributed by atoms with Crippen LogP contribution in [0.5, 0.6) is 23.0 Å². The van der Waals surface area contributed by atoms with Crippen molar-refractivity contribution in [1.82, 2.24) is 30.0 Å². The Labute approximate surface area is 303 Å². The second-order valence-corrected chi connectivity index (χ2v) is 12.3. The highest BCUT2D eigenvalue weighted by molar-refractivity contribution is 5.90. The second kappa shape index (κ2) is 18.1. The first-order chi connectivity index (χ1) is 25.6. The van der Waals surface area contributed by atoms with Crippen molar-refractivity contribution in [1.29, 1.82) is 0 Å². The number of aromatic nitrogens is 6. The van der Waals surface area contributed by atoms with Crippen molar-refractivity contribution < 1.29 is 18.9 Å². The van der Waals surface area contributed by atoms with Crippen LogP contribution in [-0.2, 0) is 0 Å². The lowest BCUT2D eigenvalue weighted by atomic mass is 10.0. The summed E-state index contributed by atoms with van der Waals surface area (Å²) in [6.45, 7) is 5.91. The molecule has 2 aromatic heterocycles. The topological polar surface area (TPSA) is 176 Å². The van der Waals surface area contributed by atoms with Crippen LogP contribution in [0.3, 0.4) is 0 Å². The fourth-order valence-corrected chi connectivity index (χ4v) is 5.48. The molecule has 13 heteroatoms. The number of unbranched alkanes of at least 4 members (excludes halogenated alkanes) is 1. The molecule has 272 valence electrons. The summed E-state index contributed by atoms with van der Waals surface area (Å²) in [5.74, 6) is 2.65. The zero-order chi connectivity index (χ0) is 36.1. The van der Waals surface area contributed by atoms with Crippen molar-refractivity contribution in [2.75, 3.05) is 46.1 Å². The smallest absolute Gasteiger partial charge is 0.163 e. The second-order valence-electron chi connectivity index (χ2n) is 12.3. The lowest BCUT2D eigenvalue weighted by Crippen LogP contribution is -2.09. The quantitative estimate of drug-likeness (QED) is 0.0831. The highest BCUT2D eigenvalue weighted by Crippen LogP contribution is 2.33. The molecule has 6 rings (SSSR count). The molecule has 4 aromatic carbocycles. The first-order valence-electron chi connectivity index (χ1n) is 17.9. The molecule has 0 spiro atoms. The number of nitrogens with two attached hydrogens (primary N) is 3. The van der Waals surface area contributed by atoms with E-state index in [0.717, 1.165) is 76.8 Å². The van der Waals surface area contributed by atoms with E-state index in [4.69, 9.17) is 36.1 Å². The van der Waals surface area contributed by atoms with Gasteiger partial charge in [0.15, 0.2) is 23.0 Å². The average molecular weight is 706 g/mol. The summed E-state index contributed by atoms with van der Waals surface area (Å²) in [5, 5.41) is 20.0. The minimum absolute atomic E-state index is 0.485. The fraction of sp³-hybridized carbons (Fsp3) is 0.333. The molecule has 0 saturated heterocycles. The maximum absolute atomic E-state index is 6.03. The molecule has 0 fully saturated rings. The third-order valence-electron chi connectivity index (χ3n) is 8.38. The highest BCUT2D eigenvalue weighted by Gasteiger charge is 2.14. The zero-order valence-electron chi connectivity index (χ0n) is 29.6. The number of benzene rings is 4. The van der Waals surface area contributed by atoms with Crippen molar-refractivity contribution in [2.45, 2.75) is 39.0 Å². The zero-order valence-corrected chi connectivity index (χ0v) is 29.6. The van der Waals surface area contributed by atoms with Crippen LogP contribution in [-0.4, -0.2) is 76.0 Å². The van der Waals surface area contributed by atoms with E-state index in [1.54, 1.807) is 9.36 Å². The summed E-state index contributed by atoms with van der Waals surface area (Å²) in [7, 11) is 0.